The minimum atomic E-state index is -0.273. The molecule has 21 heavy (non-hydrogen) atoms. The molecule has 0 bridgehead atoms. The molecule has 0 amide bonds. The molecule has 0 aliphatic rings. The molecule has 0 fully saturated rings. The first kappa shape index (κ1) is 17.7. The molecule has 0 aromatic heterocycles. The van der Waals surface area contributed by atoms with Gasteiger partial charge in [0.25, 0.3) is 0 Å². The number of benzene rings is 1. The topological polar surface area (TPSA) is 21.3 Å². The zero-order valence-corrected chi connectivity index (χ0v) is 13.3. The minimum Gasteiger partial charge on any atom is -0.491 e. The van der Waals surface area contributed by atoms with Crippen LogP contribution < -0.4 is 10.1 Å². The second-order valence-corrected chi connectivity index (χ2v) is 5.78. The molecule has 0 spiro atoms. The summed E-state index contributed by atoms with van der Waals surface area (Å²) in [5, 5.41) is 3.30. The molecular formula is C18H28FNO. The van der Waals surface area contributed by atoms with Crippen LogP contribution in [0, 0.1) is 11.7 Å². The maximum atomic E-state index is 13.9. The summed E-state index contributed by atoms with van der Waals surface area (Å²) in [6, 6.07) is 5.20. The molecule has 1 rings (SSSR count). The predicted molar refractivity (Wildman–Crippen MR) is 87.1 cm³/mol. The highest BCUT2D eigenvalue weighted by Crippen LogP contribution is 2.19. The molecule has 3 heteroatoms. The average molecular weight is 293 g/mol. The van der Waals surface area contributed by atoms with Crippen molar-refractivity contribution in [2.75, 3.05) is 13.2 Å². The van der Waals surface area contributed by atoms with Crippen molar-refractivity contribution in [2.24, 2.45) is 5.92 Å². The van der Waals surface area contributed by atoms with E-state index in [1.807, 2.05) is 12.1 Å². The van der Waals surface area contributed by atoms with Gasteiger partial charge in [0.05, 0.1) is 6.61 Å². The number of halogens is 1. The van der Waals surface area contributed by atoms with Crippen molar-refractivity contribution in [2.45, 2.75) is 46.1 Å². The molecule has 2 nitrogen and oxygen atoms in total. The fraction of sp³-hybridized carbons (Fsp3) is 0.556. The Hall–Kier alpha value is -1.35. The van der Waals surface area contributed by atoms with Crippen LogP contribution >= 0.6 is 0 Å². The lowest BCUT2D eigenvalue weighted by Crippen LogP contribution is -2.19. The standard InChI is InChI=1S/C18H28FNO/c1-4-5-6-7-8-11-21-18-10-9-16(12-17(18)19)14-20-13-15(2)3/h4,9-10,12,15,20H,1,5-8,11,13-14H2,2-3H3. The molecule has 0 saturated carbocycles. The van der Waals surface area contributed by atoms with Gasteiger partial charge in [-0.2, -0.15) is 0 Å². The largest absolute Gasteiger partial charge is 0.491 e. The van der Waals surface area contributed by atoms with Gasteiger partial charge in [-0.05, 0) is 55.8 Å². The van der Waals surface area contributed by atoms with Gasteiger partial charge in [-0.3, -0.25) is 0 Å². The van der Waals surface area contributed by atoms with E-state index in [0.717, 1.165) is 37.8 Å². The summed E-state index contributed by atoms with van der Waals surface area (Å²) in [5.74, 6) is 0.676. The lowest BCUT2D eigenvalue weighted by molar-refractivity contribution is 0.290. The van der Waals surface area contributed by atoms with Crippen molar-refractivity contribution in [3.05, 3.63) is 42.2 Å². The number of rotatable bonds is 11. The highest BCUT2D eigenvalue weighted by Gasteiger charge is 2.05. The van der Waals surface area contributed by atoms with Gasteiger partial charge in [0.1, 0.15) is 0 Å². The van der Waals surface area contributed by atoms with Gasteiger partial charge in [-0.25, -0.2) is 4.39 Å². The third-order valence-corrected chi connectivity index (χ3v) is 3.19. The Morgan fingerprint density at radius 3 is 2.76 bits per heavy atom. The van der Waals surface area contributed by atoms with Crippen molar-refractivity contribution in [1.29, 1.82) is 0 Å². The highest BCUT2D eigenvalue weighted by atomic mass is 19.1. The molecule has 1 aromatic rings. The summed E-state index contributed by atoms with van der Waals surface area (Å²) in [6.45, 7) is 10.2. The average Bonchev–Trinajstić information content (AvgIpc) is 2.44. The minimum absolute atomic E-state index is 0.273. The predicted octanol–water partition coefficient (Wildman–Crippen LogP) is 4.70. The van der Waals surface area contributed by atoms with Gasteiger partial charge in [-0.1, -0.05) is 26.0 Å². The molecule has 0 heterocycles. The number of ether oxygens (including phenoxy) is 1. The Labute approximate surface area is 128 Å². The number of nitrogens with one attached hydrogen (secondary N) is 1. The van der Waals surface area contributed by atoms with Crippen molar-refractivity contribution in [3.63, 3.8) is 0 Å². The molecule has 0 saturated heterocycles. The maximum Gasteiger partial charge on any atom is 0.165 e. The number of hydrogen-bond donors (Lipinski definition) is 1. The van der Waals surface area contributed by atoms with Crippen molar-refractivity contribution < 1.29 is 9.13 Å². The molecule has 1 aromatic carbocycles. The van der Waals surface area contributed by atoms with Crippen LogP contribution in [0.1, 0.15) is 45.1 Å². The third-order valence-electron chi connectivity index (χ3n) is 3.19. The quantitative estimate of drug-likeness (QED) is 0.472. The first-order valence-corrected chi connectivity index (χ1v) is 7.86. The molecule has 0 atom stereocenters. The van der Waals surface area contributed by atoms with E-state index >= 15 is 0 Å². The molecule has 0 unspecified atom stereocenters. The Balaban J connectivity index is 2.31. The van der Waals surface area contributed by atoms with Crippen molar-refractivity contribution >= 4 is 0 Å². The monoisotopic (exact) mass is 293 g/mol. The van der Waals surface area contributed by atoms with Crippen LogP contribution in [0.2, 0.25) is 0 Å². The van der Waals surface area contributed by atoms with Crippen molar-refractivity contribution in [1.82, 2.24) is 5.32 Å². The van der Waals surface area contributed by atoms with Crippen LogP contribution in [0.3, 0.4) is 0 Å². The van der Waals surface area contributed by atoms with Crippen LogP contribution in [-0.4, -0.2) is 13.2 Å². The summed E-state index contributed by atoms with van der Waals surface area (Å²) < 4.78 is 19.4. The second kappa shape index (κ2) is 10.4. The van der Waals surface area contributed by atoms with E-state index in [9.17, 15) is 4.39 Å². The molecule has 1 N–H and O–H groups in total. The van der Waals surface area contributed by atoms with Crippen LogP contribution in [0.5, 0.6) is 5.75 Å². The lowest BCUT2D eigenvalue weighted by Gasteiger charge is -2.10. The summed E-state index contributed by atoms with van der Waals surface area (Å²) >= 11 is 0. The zero-order valence-electron chi connectivity index (χ0n) is 13.3. The van der Waals surface area contributed by atoms with Gasteiger partial charge in [0.15, 0.2) is 11.6 Å². The molecule has 0 aliphatic heterocycles. The van der Waals surface area contributed by atoms with Gasteiger partial charge in [0.2, 0.25) is 0 Å². The zero-order chi connectivity index (χ0) is 15.5. The normalized spacial score (nSPS) is 10.9. The number of hydrogen-bond acceptors (Lipinski definition) is 2. The van der Waals surface area contributed by atoms with Gasteiger partial charge >= 0.3 is 0 Å². The number of unbranched alkanes of at least 4 members (excludes halogenated alkanes) is 3. The van der Waals surface area contributed by atoms with Gasteiger partial charge in [0, 0.05) is 6.54 Å². The smallest absolute Gasteiger partial charge is 0.165 e. The Kier molecular flexibility index (Phi) is 8.76. The van der Waals surface area contributed by atoms with Gasteiger partial charge < -0.3 is 10.1 Å². The van der Waals surface area contributed by atoms with E-state index in [1.165, 1.54) is 0 Å². The molecule has 0 radical (unpaired) electrons. The van der Waals surface area contributed by atoms with E-state index < -0.39 is 0 Å². The summed E-state index contributed by atoms with van der Waals surface area (Å²) in [5.41, 5.74) is 0.950. The summed E-state index contributed by atoms with van der Waals surface area (Å²) in [6.07, 6.45) is 6.12. The Bertz CT molecular complexity index is 418. The van der Waals surface area contributed by atoms with E-state index in [-0.39, 0.29) is 5.82 Å². The Morgan fingerprint density at radius 2 is 2.10 bits per heavy atom. The number of allylic oxidation sites excluding steroid dienone is 1. The first-order chi connectivity index (χ1) is 10.1. The third kappa shape index (κ3) is 7.86. The Morgan fingerprint density at radius 1 is 1.29 bits per heavy atom. The van der Waals surface area contributed by atoms with Crippen LogP contribution in [0.15, 0.2) is 30.9 Å². The second-order valence-electron chi connectivity index (χ2n) is 5.78. The SMILES string of the molecule is C=CCCCCCOc1ccc(CNCC(C)C)cc1F. The van der Waals surface area contributed by atoms with E-state index in [2.05, 4.69) is 25.7 Å². The van der Waals surface area contributed by atoms with Crippen LogP contribution in [0.4, 0.5) is 4.39 Å². The maximum absolute atomic E-state index is 13.9. The van der Waals surface area contributed by atoms with Crippen LogP contribution in [0.25, 0.3) is 0 Å². The van der Waals surface area contributed by atoms with E-state index in [0.29, 0.717) is 24.8 Å². The van der Waals surface area contributed by atoms with Crippen molar-refractivity contribution in [3.8, 4) is 5.75 Å². The van der Waals surface area contributed by atoms with Gasteiger partial charge in [-0.15, -0.1) is 6.58 Å². The molecular weight excluding hydrogens is 265 g/mol. The van der Waals surface area contributed by atoms with E-state index in [4.69, 9.17) is 4.74 Å². The molecule has 118 valence electrons. The fourth-order valence-electron chi connectivity index (χ4n) is 2.03. The summed E-state index contributed by atoms with van der Waals surface area (Å²) in [4.78, 5) is 0. The lowest BCUT2D eigenvalue weighted by atomic mass is 10.2. The first-order valence-electron chi connectivity index (χ1n) is 7.86. The van der Waals surface area contributed by atoms with Crippen LogP contribution in [-0.2, 0) is 6.54 Å². The molecule has 0 aliphatic carbocycles. The highest BCUT2D eigenvalue weighted by molar-refractivity contribution is 5.29. The fourth-order valence-corrected chi connectivity index (χ4v) is 2.03. The summed E-state index contributed by atoms with van der Waals surface area (Å²) in [7, 11) is 0. The van der Waals surface area contributed by atoms with E-state index in [1.54, 1.807) is 12.1 Å².